The molecule has 24 heavy (non-hydrogen) atoms. The molecule has 1 atom stereocenters. The molecule has 0 spiro atoms. The van der Waals surface area contributed by atoms with Crippen molar-refractivity contribution < 1.29 is 14.4 Å². The van der Waals surface area contributed by atoms with Gasteiger partial charge in [0.15, 0.2) is 0 Å². The van der Waals surface area contributed by atoms with E-state index in [1.165, 1.54) is 19.3 Å². The van der Waals surface area contributed by atoms with Gasteiger partial charge in [0.1, 0.15) is 0 Å². The Morgan fingerprint density at radius 1 is 0.958 bits per heavy atom. The van der Waals surface area contributed by atoms with Gasteiger partial charge in [-0.1, -0.05) is 43.5 Å². The van der Waals surface area contributed by atoms with E-state index in [-0.39, 0.29) is 18.3 Å². The van der Waals surface area contributed by atoms with Gasteiger partial charge in [-0.2, -0.15) is 0 Å². The first-order valence-electron chi connectivity index (χ1n) is 9.32. The molecule has 1 aromatic carbocycles. The van der Waals surface area contributed by atoms with E-state index in [2.05, 4.69) is 27.7 Å². The maximum Gasteiger partial charge on any atom is 0.494 e. The fourth-order valence-electron chi connectivity index (χ4n) is 3.86. The summed E-state index contributed by atoms with van der Waals surface area (Å²) in [7, 11) is -0.344. The fourth-order valence-corrected chi connectivity index (χ4v) is 3.86. The quantitative estimate of drug-likeness (QED) is 0.858. The van der Waals surface area contributed by atoms with E-state index in [4.69, 9.17) is 9.31 Å². The summed E-state index contributed by atoms with van der Waals surface area (Å²) < 4.78 is 12.2. The molecule has 2 fully saturated rings. The summed E-state index contributed by atoms with van der Waals surface area (Å²) in [5.74, 6) is 0.356. The lowest BCUT2D eigenvalue weighted by atomic mass is 9.73. The highest BCUT2D eigenvalue weighted by Gasteiger charge is 2.51. The minimum Gasteiger partial charge on any atom is -0.399 e. The van der Waals surface area contributed by atoms with Crippen molar-refractivity contribution in [3.05, 3.63) is 29.8 Å². The second kappa shape index (κ2) is 6.15. The van der Waals surface area contributed by atoms with Crippen LogP contribution in [0.4, 0.5) is 0 Å². The standard InChI is InChI=1S/C20H31BO3/c1-18(2)19(3,4)24-21(23-18)17-13-11-16(12-14-17)20(5,22)15-9-7-6-8-10-15/h11-15,22H,6-10H2,1-5H3. The zero-order valence-electron chi connectivity index (χ0n) is 15.8. The predicted molar refractivity (Wildman–Crippen MR) is 98.3 cm³/mol. The molecule has 1 aliphatic carbocycles. The first kappa shape index (κ1) is 18.0. The van der Waals surface area contributed by atoms with E-state index in [0.29, 0.717) is 5.92 Å². The molecule has 132 valence electrons. The van der Waals surface area contributed by atoms with Crippen molar-refractivity contribution in [2.45, 2.75) is 83.5 Å². The van der Waals surface area contributed by atoms with E-state index >= 15 is 0 Å². The van der Waals surface area contributed by atoms with Crippen LogP contribution >= 0.6 is 0 Å². The van der Waals surface area contributed by atoms with Gasteiger partial charge in [0.25, 0.3) is 0 Å². The van der Waals surface area contributed by atoms with Crippen LogP contribution in [-0.2, 0) is 14.9 Å². The molecular formula is C20H31BO3. The van der Waals surface area contributed by atoms with E-state index in [0.717, 1.165) is 23.9 Å². The zero-order chi connectivity index (χ0) is 17.6. The smallest absolute Gasteiger partial charge is 0.399 e. The summed E-state index contributed by atoms with van der Waals surface area (Å²) in [5, 5.41) is 11.1. The molecule has 1 N–H and O–H groups in total. The third-order valence-corrected chi connectivity index (χ3v) is 6.42. The van der Waals surface area contributed by atoms with Crippen molar-refractivity contribution in [3.63, 3.8) is 0 Å². The number of aliphatic hydroxyl groups is 1. The van der Waals surface area contributed by atoms with Gasteiger partial charge < -0.3 is 14.4 Å². The second-order valence-electron chi connectivity index (χ2n) is 8.69. The Hall–Kier alpha value is -0.835. The van der Waals surface area contributed by atoms with Crippen LogP contribution in [0.1, 0.15) is 72.3 Å². The highest BCUT2D eigenvalue weighted by atomic mass is 16.7. The fraction of sp³-hybridized carbons (Fsp3) is 0.700. The molecule has 2 aliphatic rings. The van der Waals surface area contributed by atoms with Crippen LogP contribution in [0.25, 0.3) is 0 Å². The summed E-state index contributed by atoms with van der Waals surface area (Å²) in [6.45, 7) is 10.2. The molecule has 4 heteroatoms. The Morgan fingerprint density at radius 3 is 1.96 bits per heavy atom. The largest absolute Gasteiger partial charge is 0.494 e. The maximum absolute atomic E-state index is 11.1. The minimum atomic E-state index is -0.755. The summed E-state index contributed by atoms with van der Waals surface area (Å²) in [6.07, 6.45) is 5.99. The van der Waals surface area contributed by atoms with Gasteiger partial charge >= 0.3 is 7.12 Å². The first-order valence-corrected chi connectivity index (χ1v) is 9.32. The Bertz CT molecular complexity index is 555. The summed E-state index contributed by atoms with van der Waals surface area (Å²) in [4.78, 5) is 0. The van der Waals surface area contributed by atoms with Crippen molar-refractivity contribution in [2.75, 3.05) is 0 Å². The van der Waals surface area contributed by atoms with Crippen LogP contribution in [-0.4, -0.2) is 23.4 Å². The lowest BCUT2D eigenvalue weighted by Crippen LogP contribution is -2.41. The minimum absolute atomic E-state index is 0.329. The van der Waals surface area contributed by atoms with Gasteiger partial charge in [0.2, 0.25) is 0 Å². The maximum atomic E-state index is 11.1. The van der Waals surface area contributed by atoms with Crippen molar-refractivity contribution in [1.29, 1.82) is 0 Å². The number of benzene rings is 1. The van der Waals surface area contributed by atoms with Gasteiger partial charge in [0, 0.05) is 0 Å². The van der Waals surface area contributed by atoms with E-state index in [1.54, 1.807) is 0 Å². The molecule has 3 rings (SSSR count). The molecule has 0 aromatic heterocycles. The van der Waals surface area contributed by atoms with E-state index in [9.17, 15) is 5.11 Å². The Kier molecular flexibility index (Phi) is 4.61. The third-order valence-electron chi connectivity index (χ3n) is 6.42. The monoisotopic (exact) mass is 330 g/mol. The highest BCUT2D eigenvalue weighted by Crippen LogP contribution is 2.39. The van der Waals surface area contributed by atoms with E-state index < -0.39 is 5.60 Å². The van der Waals surface area contributed by atoms with Gasteiger partial charge in [-0.15, -0.1) is 0 Å². The van der Waals surface area contributed by atoms with Crippen LogP contribution in [0.15, 0.2) is 24.3 Å². The summed E-state index contributed by atoms with van der Waals surface area (Å²) >= 11 is 0. The van der Waals surface area contributed by atoms with Crippen LogP contribution < -0.4 is 5.46 Å². The molecular weight excluding hydrogens is 299 g/mol. The third kappa shape index (κ3) is 3.16. The summed E-state index contributed by atoms with van der Waals surface area (Å²) in [5.41, 5.74) is 0.592. The number of hydrogen-bond donors (Lipinski definition) is 1. The molecule has 3 nitrogen and oxygen atoms in total. The molecule has 1 unspecified atom stereocenters. The van der Waals surface area contributed by atoms with Crippen molar-refractivity contribution in [3.8, 4) is 0 Å². The topological polar surface area (TPSA) is 38.7 Å². The highest BCUT2D eigenvalue weighted by molar-refractivity contribution is 6.62. The predicted octanol–water partition coefficient (Wildman–Crippen LogP) is 3.77. The van der Waals surface area contributed by atoms with Gasteiger partial charge in [-0.3, -0.25) is 0 Å². The average molecular weight is 330 g/mol. The van der Waals surface area contributed by atoms with E-state index in [1.807, 2.05) is 31.2 Å². The molecule has 1 aliphatic heterocycles. The Morgan fingerprint density at radius 2 is 1.46 bits per heavy atom. The SMILES string of the molecule is CC(O)(c1ccc(B2OC(C)(C)C(C)(C)O2)cc1)C1CCCCC1. The Labute approximate surface area is 146 Å². The molecule has 0 bridgehead atoms. The van der Waals surface area contributed by atoms with Crippen molar-refractivity contribution >= 4 is 12.6 Å². The molecule has 1 aromatic rings. The normalized spacial score (nSPS) is 26.3. The number of rotatable bonds is 3. The van der Waals surface area contributed by atoms with Crippen LogP contribution in [0.2, 0.25) is 0 Å². The van der Waals surface area contributed by atoms with Gasteiger partial charge in [0.05, 0.1) is 16.8 Å². The molecule has 1 saturated heterocycles. The lowest BCUT2D eigenvalue weighted by molar-refractivity contribution is -0.0215. The van der Waals surface area contributed by atoms with Crippen molar-refractivity contribution in [1.82, 2.24) is 0 Å². The Balaban J connectivity index is 1.76. The van der Waals surface area contributed by atoms with Crippen molar-refractivity contribution in [2.24, 2.45) is 5.92 Å². The van der Waals surface area contributed by atoms with Crippen LogP contribution in [0.3, 0.4) is 0 Å². The molecule has 0 radical (unpaired) electrons. The summed E-state index contributed by atoms with van der Waals surface area (Å²) in [6, 6.07) is 8.15. The van der Waals surface area contributed by atoms with Crippen LogP contribution in [0, 0.1) is 5.92 Å². The number of hydrogen-bond acceptors (Lipinski definition) is 3. The van der Waals surface area contributed by atoms with Crippen LogP contribution in [0.5, 0.6) is 0 Å². The molecule has 1 heterocycles. The first-order chi connectivity index (χ1) is 11.1. The van der Waals surface area contributed by atoms with Gasteiger partial charge in [-0.25, -0.2) is 0 Å². The zero-order valence-corrected chi connectivity index (χ0v) is 15.8. The second-order valence-corrected chi connectivity index (χ2v) is 8.69. The van der Waals surface area contributed by atoms with Gasteiger partial charge in [-0.05, 0) is 64.4 Å². The lowest BCUT2D eigenvalue weighted by Gasteiger charge is -2.36. The molecule has 1 saturated carbocycles. The molecule has 0 amide bonds. The average Bonchev–Trinajstić information content (AvgIpc) is 2.76.